The van der Waals surface area contributed by atoms with E-state index in [4.69, 9.17) is 9.47 Å². The molecular weight excluding hydrogens is 366 g/mol. The lowest BCUT2D eigenvalue weighted by atomic mass is 9.42. The lowest BCUT2D eigenvalue weighted by molar-refractivity contribution is -0.209. The Bertz CT molecular complexity index is 767. The van der Waals surface area contributed by atoms with Crippen molar-refractivity contribution in [3.8, 4) is 11.5 Å². The van der Waals surface area contributed by atoms with E-state index >= 15 is 0 Å². The molecule has 4 atom stereocenters. The SMILES string of the molecule is CCOc1cccc(OCCN(C)C(=O)C23CC4CC(O)(CC(CC)(C4)C2)C3)c1. The summed E-state index contributed by atoms with van der Waals surface area (Å²) >= 11 is 0. The molecule has 4 aliphatic carbocycles. The molecule has 1 aromatic rings. The fourth-order valence-corrected chi connectivity index (χ4v) is 6.85. The Hall–Kier alpha value is -1.75. The van der Waals surface area contributed by atoms with Gasteiger partial charge in [-0.15, -0.1) is 0 Å². The highest BCUT2D eigenvalue weighted by Crippen LogP contribution is 2.67. The van der Waals surface area contributed by atoms with E-state index in [0.717, 1.165) is 43.6 Å². The second-order valence-electron chi connectivity index (χ2n) is 9.85. The number of hydrogen-bond donors (Lipinski definition) is 1. The third-order valence-electron chi connectivity index (χ3n) is 7.52. The molecule has 4 bridgehead atoms. The number of amides is 1. The highest BCUT2D eigenvalue weighted by Gasteiger charge is 2.65. The number of carbonyl (C=O) groups excluding carboxylic acids is 1. The van der Waals surface area contributed by atoms with Gasteiger partial charge >= 0.3 is 0 Å². The van der Waals surface area contributed by atoms with Crippen molar-refractivity contribution >= 4 is 5.91 Å². The number of aliphatic hydroxyl groups is 1. The van der Waals surface area contributed by atoms with E-state index in [1.54, 1.807) is 0 Å². The Morgan fingerprint density at radius 3 is 2.59 bits per heavy atom. The molecule has 4 aliphatic rings. The van der Waals surface area contributed by atoms with Gasteiger partial charge in [0.2, 0.25) is 5.91 Å². The number of carbonyl (C=O) groups is 1. The second-order valence-corrected chi connectivity index (χ2v) is 9.85. The first-order valence-electron chi connectivity index (χ1n) is 11.1. The minimum absolute atomic E-state index is 0.154. The lowest BCUT2D eigenvalue weighted by Crippen LogP contribution is -2.64. The Labute approximate surface area is 174 Å². The largest absolute Gasteiger partial charge is 0.494 e. The van der Waals surface area contributed by atoms with Gasteiger partial charge in [0, 0.05) is 13.1 Å². The molecule has 29 heavy (non-hydrogen) atoms. The number of hydrogen-bond acceptors (Lipinski definition) is 4. The first-order chi connectivity index (χ1) is 13.8. The van der Waals surface area contributed by atoms with E-state index in [0.29, 0.717) is 32.1 Å². The highest BCUT2D eigenvalue weighted by molar-refractivity contribution is 5.83. The second kappa shape index (κ2) is 7.50. The quantitative estimate of drug-likeness (QED) is 0.714. The van der Waals surface area contributed by atoms with Crippen LogP contribution in [0.4, 0.5) is 0 Å². The van der Waals surface area contributed by atoms with Gasteiger partial charge in [0.25, 0.3) is 0 Å². The van der Waals surface area contributed by atoms with Crippen LogP contribution in [0.25, 0.3) is 0 Å². The first-order valence-corrected chi connectivity index (χ1v) is 11.1. The molecule has 5 nitrogen and oxygen atoms in total. The lowest BCUT2D eigenvalue weighted by Gasteiger charge is -2.64. The predicted octanol–water partition coefficient (Wildman–Crippen LogP) is 4.03. The van der Waals surface area contributed by atoms with Gasteiger partial charge in [-0.05, 0) is 68.9 Å². The van der Waals surface area contributed by atoms with Crippen molar-refractivity contribution in [1.29, 1.82) is 0 Å². The van der Waals surface area contributed by atoms with Crippen LogP contribution >= 0.6 is 0 Å². The average molecular weight is 402 g/mol. The molecule has 5 rings (SSSR count). The molecule has 0 saturated heterocycles. The van der Waals surface area contributed by atoms with Crippen LogP contribution in [0.1, 0.15) is 58.8 Å². The maximum absolute atomic E-state index is 13.5. The summed E-state index contributed by atoms with van der Waals surface area (Å²) in [5, 5.41) is 11.2. The monoisotopic (exact) mass is 401 g/mol. The minimum atomic E-state index is -0.637. The molecule has 4 saturated carbocycles. The summed E-state index contributed by atoms with van der Waals surface area (Å²) in [4.78, 5) is 15.3. The summed E-state index contributed by atoms with van der Waals surface area (Å²) in [6.07, 6.45) is 6.53. The molecule has 160 valence electrons. The first kappa shape index (κ1) is 20.5. The van der Waals surface area contributed by atoms with Gasteiger partial charge in [-0.1, -0.05) is 19.4 Å². The van der Waals surface area contributed by atoms with Crippen molar-refractivity contribution in [1.82, 2.24) is 4.90 Å². The van der Waals surface area contributed by atoms with E-state index in [-0.39, 0.29) is 16.7 Å². The molecule has 0 aromatic heterocycles. The summed E-state index contributed by atoms with van der Waals surface area (Å²) in [6, 6.07) is 7.61. The van der Waals surface area contributed by atoms with Crippen molar-refractivity contribution < 1.29 is 19.4 Å². The van der Waals surface area contributed by atoms with Gasteiger partial charge in [-0.3, -0.25) is 4.79 Å². The summed E-state index contributed by atoms with van der Waals surface area (Å²) in [6.45, 7) is 5.79. The van der Waals surface area contributed by atoms with Crippen LogP contribution in [0.15, 0.2) is 24.3 Å². The minimum Gasteiger partial charge on any atom is -0.494 e. The van der Waals surface area contributed by atoms with Crippen molar-refractivity contribution in [2.75, 3.05) is 26.8 Å². The van der Waals surface area contributed by atoms with Gasteiger partial charge < -0.3 is 19.5 Å². The number of rotatable bonds is 8. The molecule has 1 aromatic carbocycles. The summed E-state index contributed by atoms with van der Waals surface area (Å²) in [5.74, 6) is 2.24. The molecular formula is C24H35NO4. The number of benzene rings is 1. The van der Waals surface area contributed by atoms with Gasteiger partial charge in [-0.25, -0.2) is 0 Å². The zero-order valence-electron chi connectivity index (χ0n) is 18.1. The van der Waals surface area contributed by atoms with Crippen molar-refractivity contribution in [2.24, 2.45) is 16.7 Å². The summed E-state index contributed by atoms with van der Waals surface area (Å²) in [7, 11) is 1.88. The van der Waals surface area contributed by atoms with Crippen LogP contribution in [0.3, 0.4) is 0 Å². The topological polar surface area (TPSA) is 59.0 Å². The molecule has 0 radical (unpaired) electrons. The van der Waals surface area contributed by atoms with Crippen molar-refractivity contribution in [2.45, 2.75) is 64.4 Å². The Kier molecular flexibility index (Phi) is 5.30. The van der Waals surface area contributed by atoms with Crippen LogP contribution in [-0.2, 0) is 4.79 Å². The number of ether oxygens (including phenoxy) is 2. The zero-order chi connectivity index (χ0) is 20.7. The van der Waals surface area contributed by atoms with Gasteiger partial charge in [0.05, 0.1) is 24.2 Å². The fourth-order valence-electron chi connectivity index (χ4n) is 6.85. The third-order valence-corrected chi connectivity index (χ3v) is 7.52. The Morgan fingerprint density at radius 1 is 1.14 bits per heavy atom. The Balaban J connectivity index is 1.39. The molecule has 4 fully saturated rings. The van der Waals surface area contributed by atoms with Gasteiger partial charge in [0.1, 0.15) is 18.1 Å². The number of likely N-dealkylation sites (N-methyl/N-ethyl adjacent to an activating group) is 1. The highest BCUT2D eigenvalue weighted by atomic mass is 16.5. The maximum Gasteiger partial charge on any atom is 0.228 e. The van der Waals surface area contributed by atoms with E-state index in [1.165, 1.54) is 6.42 Å². The molecule has 5 heteroatoms. The molecule has 1 amide bonds. The number of nitrogens with zero attached hydrogens (tertiary/aromatic N) is 1. The van der Waals surface area contributed by atoms with Crippen LogP contribution < -0.4 is 9.47 Å². The summed E-state index contributed by atoms with van der Waals surface area (Å²) in [5.41, 5.74) is -0.864. The van der Waals surface area contributed by atoms with Gasteiger partial charge in [-0.2, -0.15) is 0 Å². The van der Waals surface area contributed by atoms with E-state index in [2.05, 4.69) is 6.92 Å². The normalized spacial score (nSPS) is 34.8. The smallest absolute Gasteiger partial charge is 0.228 e. The van der Waals surface area contributed by atoms with Crippen LogP contribution in [0.2, 0.25) is 0 Å². The van der Waals surface area contributed by atoms with E-state index in [1.807, 2.05) is 43.1 Å². The van der Waals surface area contributed by atoms with E-state index < -0.39 is 5.60 Å². The standard InChI is InChI=1S/C24H35NO4/c1-4-22-12-18-13-23(15-22,17-24(27,14-18)16-22)21(26)25(3)9-10-29-20-8-6-7-19(11-20)28-5-2/h6-8,11,18,27H,4-5,9-10,12-17H2,1-3H3. The molecule has 1 N–H and O–H groups in total. The maximum atomic E-state index is 13.5. The molecule has 0 spiro atoms. The summed E-state index contributed by atoms with van der Waals surface area (Å²) < 4.78 is 11.4. The molecule has 0 heterocycles. The molecule has 0 aliphatic heterocycles. The zero-order valence-corrected chi connectivity index (χ0v) is 18.1. The molecule has 4 unspecified atom stereocenters. The van der Waals surface area contributed by atoms with Gasteiger partial charge in [0.15, 0.2) is 0 Å². The van der Waals surface area contributed by atoms with Crippen LogP contribution in [0, 0.1) is 16.7 Å². The average Bonchev–Trinajstić information content (AvgIpc) is 2.66. The van der Waals surface area contributed by atoms with Crippen molar-refractivity contribution in [3.63, 3.8) is 0 Å². The third kappa shape index (κ3) is 3.86. The fraction of sp³-hybridized carbons (Fsp3) is 0.708. The Morgan fingerprint density at radius 2 is 1.90 bits per heavy atom. The van der Waals surface area contributed by atoms with Crippen LogP contribution in [-0.4, -0.2) is 48.3 Å². The van der Waals surface area contributed by atoms with E-state index in [9.17, 15) is 9.90 Å². The van der Waals surface area contributed by atoms with Crippen LogP contribution in [0.5, 0.6) is 11.5 Å². The predicted molar refractivity (Wildman–Crippen MR) is 112 cm³/mol. The van der Waals surface area contributed by atoms with Crippen molar-refractivity contribution in [3.05, 3.63) is 24.3 Å².